The fourth-order valence-corrected chi connectivity index (χ4v) is 1.45. The molecule has 0 aromatic carbocycles. The molecule has 4 heteroatoms. The maximum atomic E-state index is 11.6. The van der Waals surface area contributed by atoms with Gasteiger partial charge in [0, 0.05) is 18.7 Å². The Bertz CT molecular complexity index is 363. The fourth-order valence-electron chi connectivity index (χ4n) is 1.45. The highest BCUT2D eigenvalue weighted by atomic mass is 16.1. The van der Waals surface area contributed by atoms with Crippen molar-refractivity contribution in [1.29, 1.82) is 0 Å². The molecule has 1 aromatic heterocycles. The van der Waals surface area contributed by atoms with E-state index in [0.29, 0.717) is 18.3 Å². The Hall–Kier alpha value is -1.42. The molecule has 0 fully saturated rings. The zero-order valence-corrected chi connectivity index (χ0v) is 10.8. The van der Waals surface area contributed by atoms with Crippen LogP contribution in [0.1, 0.15) is 32.3 Å². The van der Waals surface area contributed by atoms with Crippen molar-refractivity contribution < 1.29 is 4.79 Å². The zero-order chi connectivity index (χ0) is 12.7. The Morgan fingerprint density at radius 1 is 1.47 bits per heavy atom. The van der Waals surface area contributed by atoms with E-state index in [9.17, 15) is 4.79 Å². The summed E-state index contributed by atoms with van der Waals surface area (Å²) >= 11 is 0. The van der Waals surface area contributed by atoms with E-state index in [1.54, 1.807) is 6.20 Å². The van der Waals surface area contributed by atoms with Gasteiger partial charge in [-0.25, -0.2) is 4.98 Å². The summed E-state index contributed by atoms with van der Waals surface area (Å²) in [5.74, 6) is 0.653. The van der Waals surface area contributed by atoms with Crippen LogP contribution >= 0.6 is 0 Å². The van der Waals surface area contributed by atoms with Gasteiger partial charge in [-0.1, -0.05) is 13.8 Å². The van der Waals surface area contributed by atoms with Gasteiger partial charge in [-0.3, -0.25) is 4.79 Å². The van der Waals surface area contributed by atoms with E-state index >= 15 is 0 Å². The molecule has 1 amide bonds. The molecule has 0 saturated carbocycles. The average Bonchev–Trinajstić information content (AvgIpc) is 2.24. The molecule has 0 bridgehead atoms. The molecular formula is C13H21N3O. The summed E-state index contributed by atoms with van der Waals surface area (Å²) in [7, 11) is 0. The van der Waals surface area contributed by atoms with Gasteiger partial charge in [0.1, 0.15) is 5.82 Å². The smallest absolute Gasteiger partial charge is 0.225 e. The maximum absolute atomic E-state index is 11.6. The topological polar surface area (TPSA) is 54.0 Å². The summed E-state index contributed by atoms with van der Waals surface area (Å²) < 4.78 is 0. The second kappa shape index (κ2) is 7.01. The summed E-state index contributed by atoms with van der Waals surface area (Å²) in [4.78, 5) is 15.7. The quantitative estimate of drug-likeness (QED) is 0.742. The average molecular weight is 235 g/mol. The molecule has 1 heterocycles. The Morgan fingerprint density at radius 3 is 2.88 bits per heavy atom. The number of pyridine rings is 1. The lowest BCUT2D eigenvalue weighted by Gasteiger charge is -2.08. The van der Waals surface area contributed by atoms with Gasteiger partial charge in [0.05, 0.1) is 0 Å². The van der Waals surface area contributed by atoms with Crippen molar-refractivity contribution in [2.75, 3.05) is 11.9 Å². The molecule has 1 rings (SSSR count). The van der Waals surface area contributed by atoms with E-state index in [0.717, 1.165) is 18.5 Å². The van der Waals surface area contributed by atoms with Gasteiger partial charge in [-0.15, -0.1) is 0 Å². The fraction of sp³-hybridized carbons (Fsp3) is 0.538. The molecule has 0 atom stereocenters. The zero-order valence-electron chi connectivity index (χ0n) is 10.8. The highest BCUT2D eigenvalue weighted by molar-refractivity contribution is 5.89. The third kappa shape index (κ3) is 6.02. The molecule has 0 spiro atoms. The first-order valence-corrected chi connectivity index (χ1v) is 6.04. The molecule has 94 valence electrons. The summed E-state index contributed by atoms with van der Waals surface area (Å²) in [6, 6.07) is 4.24. The maximum Gasteiger partial charge on any atom is 0.225 e. The normalized spacial score (nSPS) is 10.6. The lowest BCUT2D eigenvalue weighted by Crippen LogP contribution is -2.24. The van der Waals surface area contributed by atoms with Gasteiger partial charge < -0.3 is 10.6 Å². The van der Waals surface area contributed by atoms with Crippen molar-refractivity contribution in [3.8, 4) is 0 Å². The predicted octanol–water partition coefficient (Wildman–Crippen LogP) is 2.11. The van der Waals surface area contributed by atoms with Crippen molar-refractivity contribution >= 4 is 11.7 Å². The number of aromatic nitrogens is 1. The second-order valence-electron chi connectivity index (χ2n) is 4.48. The third-order valence-electron chi connectivity index (χ3n) is 2.32. The van der Waals surface area contributed by atoms with Crippen LogP contribution in [0.25, 0.3) is 0 Å². The van der Waals surface area contributed by atoms with Gasteiger partial charge >= 0.3 is 0 Å². The highest BCUT2D eigenvalue weighted by Crippen LogP contribution is 2.05. The van der Waals surface area contributed by atoms with Crippen LogP contribution in [0.3, 0.4) is 0 Å². The number of amides is 1. The number of nitrogens with zero attached hydrogens (tertiary/aromatic N) is 1. The summed E-state index contributed by atoms with van der Waals surface area (Å²) in [6.07, 6.45) is 3.07. The molecule has 17 heavy (non-hydrogen) atoms. The van der Waals surface area contributed by atoms with E-state index in [1.165, 1.54) is 0 Å². The summed E-state index contributed by atoms with van der Waals surface area (Å²) in [5.41, 5.74) is 1.09. The van der Waals surface area contributed by atoms with E-state index in [2.05, 4.69) is 29.5 Å². The third-order valence-corrected chi connectivity index (χ3v) is 2.32. The van der Waals surface area contributed by atoms with E-state index < -0.39 is 0 Å². The van der Waals surface area contributed by atoms with Crippen LogP contribution in [0.5, 0.6) is 0 Å². The number of aryl methyl sites for hydroxylation is 1. The molecule has 2 N–H and O–H groups in total. The first-order valence-electron chi connectivity index (χ1n) is 6.04. The summed E-state index contributed by atoms with van der Waals surface area (Å²) in [6.45, 7) is 7.03. The van der Waals surface area contributed by atoms with Gasteiger partial charge in [0.15, 0.2) is 0 Å². The van der Waals surface area contributed by atoms with Crippen molar-refractivity contribution in [3.63, 3.8) is 0 Å². The number of anilines is 1. The van der Waals surface area contributed by atoms with E-state index in [4.69, 9.17) is 0 Å². The largest absolute Gasteiger partial charge is 0.315 e. The molecule has 0 aliphatic rings. The van der Waals surface area contributed by atoms with Crippen molar-refractivity contribution in [2.45, 2.75) is 39.7 Å². The molecule has 0 aliphatic carbocycles. The van der Waals surface area contributed by atoms with Gasteiger partial charge in [-0.2, -0.15) is 0 Å². The lowest BCUT2D eigenvalue weighted by atomic mass is 10.2. The van der Waals surface area contributed by atoms with E-state index in [1.807, 2.05) is 19.1 Å². The van der Waals surface area contributed by atoms with Crippen LogP contribution in [0.2, 0.25) is 0 Å². The Kier molecular flexibility index (Phi) is 5.63. The van der Waals surface area contributed by atoms with Gasteiger partial charge in [0.25, 0.3) is 0 Å². The SMILES string of the molecule is Cc1ccnc(NC(=O)CCCNC(C)C)c1. The molecule has 1 aromatic rings. The van der Waals surface area contributed by atoms with Crippen LogP contribution in [0.15, 0.2) is 18.3 Å². The Labute approximate surface area is 103 Å². The summed E-state index contributed by atoms with van der Waals surface area (Å²) in [5, 5.41) is 6.07. The Balaban J connectivity index is 2.25. The minimum atomic E-state index is 0.0219. The minimum Gasteiger partial charge on any atom is -0.315 e. The number of carbonyl (C=O) groups excluding carboxylic acids is 1. The lowest BCUT2D eigenvalue weighted by molar-refractivity contribution is -0.116. The number of carbonyl (C=O) groups is 1. The number of hydrogen-bond donors (Lipinski definition) is 2. The van der Waals surface area contributed by atoms with Crippen molar-refractivity contribution in [3.05, 3.63) is 23.9 Å². The van der Waals surface area contributed by atoms with Crippen molar-refractivity contribution in [2.24, 2.45) is 0 Å². The van der Waals surface area contributed by atoms with Crippen LogP contribution in [-0.2, 0) is 4.79 Å². The number of nitrogens with one attached hydrogen (secondary N) is 2. The van der Waals surface area contributed by atoms with Gasteiger partial charge in [0.2, 0.25) is 5.91 Å². The molecule has 4 nitrogen and oxygen atoms in total. The monoisotopic (exact) mass is 235 g/mol. The number of hydrogen-bond acceptors (Lipinski definition) is 3. The molecular weight excluding hydrogens is 214 g/mol. The standard InChI is InChI=1S/C13H21N3O/c1-10(2)14-7-4-5-13(17)16-12-9-11(3)6-8-15-12/h6,8-10,14H,4-5,7H2,1-3H3,(H,15,16,17). The van der Waals surface area contributed by atoms with Crippen LogP contribution in [0, 0.1) is 6.92 Å². The van der Waals surface area contributed by atoms with E-state index in [-0.39, 0.29) is 5.91 Å². The first kappa shape index (κ1) is 13.6. The second-order valence-corrected chi connectivity index (χ2v) is 4.48. The van der Waals surface area contributed by atoms with Crippen LogP contribution in [-0.4, -0.2) is 23.5 Å². The molecule has 0 radical (unpaired) electrons. The highest BCUT2D eigenvalue weighted by Gasteiger charge is 2.03. The van der Waals surface area contributed by atoms with Crippen LogP contribution < -0.4 is 10.6 Å². The minimum absolute atomic E-state index is 0.0219. The molecule has 0 saturated heterocycles. The first-order chi connectivity index (χ1) is 8.08. The predicted molar refractivity (Wildman–Crippen MR) is 70.0 cm³/mol. The number of rotatable bonds is 6. The van der Waals surface area contributed by atoms with Gasteiger partial charge in [-0.05, 0) is 37.6 Å². The molecule has 0 aliphatic heterocycles. The Morgan fingerprint density at radius 2 is 2.24 bits per heavy atom. The van der Waals surface area contributed by atoms with Crippen LogP contribution in [0.4, 0.5) is 5.82 Å². The van der Waals surface area contributed by atoms with Crippen molar-refractivity contribution in [1.82, 2.24) is 10.3 Å². The molecule has 0 unspecified atom stereocenters.